The van der Waals surface area contributed by atoms with E-state index in [9.17, 15) is 4.79 Å². The second-order valence-corrected chi connectivity index (χ2v) is 6.88. The van der Waals surface area contributed by atoms with Crippen LogP contribution in [0.2, 0.25) is 0 Å². The number of methoxy groups -OCH3 is 1. The Labute approximate surface area is 178 Å². The summed E-state index contributed by atoms with van der Waals surface area (Å²) in [6, 6.07) is 15.3. The molecule has 0 fully saturated rings. The molecule has 0 aromatic heterocycles. The first-order valence-corrected chi connectivity index (χ1v) is 10.2. The summed E-state index contributed by atoms with van der Waals surface area (Å²) in [6.45, 7) is 5.63. The number of carbonyl (C=O) groups excluding carboxylic acids is 1. The normalized spacial score (nSPS) is 12.1. The molecule has 162 valence electrons. The summed E-state index contributed by atoms with van der Waals surface area (Å²) < 4.78 is 10.8. The van der Waals surface area contributed by atoms with Crippen molar-refractivity contribution in [3.63, 3.8) is 0 Å². The summed E-state index contributed by atoms with van der Waals surface area (Å²) in [6.07, 6.45) is 0.817. The van der Waals surface area contributed by atoms with Gasteiger partial charge < -0.3 is 25.4 Å². The van der Waals surface area contributed by atoms with Gasteiger partial charge in [-0.25, -0.2) is 0 Å². The molecule has 1 unspecified atom stereocenters. The molecule has 3 N–H and O–H groups in total. The Balaban J connectivity index is 1.75. The lowest BCUT2D eigenvalue weighted by atomic mass is 10.1. The van der Waals surface area contributed by atoms with Gasteiger partial charge in [0.15, 0.2) is 5.96 Å². The highest BCUT2D eigenvalue weighted by atomic mass is 16.5. The van der Waals surface area contributed by atoms with Crippen LogP contribution in [0.1, 0.15) is 25.8 Å². The molecule has 0 aliphatic heterocycles. The lowest BCUT2D eigenvalue weighted by Gasteiger charge is -2.14. The third kappa shape index (κ3) is 7.66. The Hall–Kier alpha value is -3.22. The van der Waals surface area contributed by atoms with Crippen molar-refractivity contribution in [1.82, 2.24) is 10.6 Å². The molecule has 0 aliphatic rings. The number of ether oxygens (including phenoxy) is 2. The summed E-state index contributed by atoms with van der Waals surface area (Å²) in [5.41, 5.74) is 1.85. The zero-order valence-electron chi connectivity index (χ0n) is 18.2. The van der Waals surface area contributed by atoms with Gasteiger partial charge in [-0.05, 0) is 48.4 Å². The maximum Gasteiger partial charge on any atom is 0.227 e. The first-order valence-electron chi connectivity index (χ1n) is 10.2. The number of carbonyl (C=O) groups is 1. The predicted molar refractivity (Wildman–Crippen MR) is 121 cm³/mol. The van der Waals surface area contributed by atoms with E-state index in [1.54, 1.807) is 14.2 Å². The van der Waals surface area contributed by atoms with Gasteiger partial charge in [0.1, 0.15) is 18.1 Å². The van der Waals surface area contributed by atoms with E-state index in [2.05, 4.69) is 20.9 Å². The maximum absolute atomic E-state index is 12.1. The third-order valence-corrected chi connectivity index (χ3v) is 4.66. The Morgan fingerprint density at radius 1 is 1.10 bits per heavy atom. The Kier molecular flexibility index (Phi) is 9.51. The molecule has 1 amide bonds. The van der Waals surface area contributed by atoms with E-state index in [1.165, 1.54) is 0 Å². The highest BCUT2D eigenvalue weighted by Crippen LogP contribution is 2.16. The lowest BCUT2D eigenvalue weighted by molar-refractivity contribution is -0.119. The number of anilines is 1. The van der Waals surface area contributed by atoms with Gasteiger partial charge in [-0.2, -0.15) is 0 Å². The van der Waals surface area contributed by atoms with E-state index in [-0.39, 0.29) is 11.8 Å². The van der Waals surface area contributed by atoms with E-state index in [4.69, 9.17) is 9.47 Å². The average Bonchev–Trinajstić information content (AvgIpc) is 2.78. The van der Waals surface area contributed by atoms with Crippen LogP contribution in [0.5, 0.6) is 11.5 Å². The van der Waals surface area contributed by atoms with E-state index in [0.717, 1.165) is 29.2 Å². The minimum atomic E-state index is -0.00468. The van der Waals surface area contributed by atoms with E-state index < -0.39 is 0 Å². The number of aliphatic imine (C=N–C) groups is 1. The molecule has 0 bridgehead atoms. The van der Waals surface area contributed by atoms with Crippen LogP contribution in [-0.2, 0) is 11.3 Å². The smallest absolute Gasteiger partial charge is 0.227 e. The minimum Gasteiger partial charge on any atom is -0.497 e. The van der Waals surface area contributed by atoms with Crippen LogP contribution in [0, 0.1) is 5.92 Å². The zero-order valence-corrected chi connectivity index (χ0v) is 18.2. The summed E-state index contributed by atoms with van der Waals surface area (Å²) in [5.74, 6) is 2.31. The maximum atomic E-state index is 12.1. The van der Waals surface area contributed by atoms with Crippen molar-refractivity contribution in [3.8, 4) is 11.5 Å². The van der Waals surface area contributed by atoms with Gasteiger partial charge in [0.25, 0.3) is 0 Å². The largest absolute Gasteiger partial charge is 0.497 e. The van der Waals surface area contributed by atoms with Crippen LogP contribution in [0.25, 0.3) is 0 Å². The molecule has 1 atom stereocenters. The molecule has 30 heavy (non-hydrogen) atoms. The molecular formula is C23H32N4O3. The number of amides is 1. The topological polar surface area (TPSA) is 84.0 Å². The van der Waals surface area contributed by atoms with Crippen molar-refractivity contribution in [3.05, 3.63) is 54.1 Å². The van der Waals surface area contributed by atoms with E-state index in [0.29, 0.717) is 25.7 Å². The van der Waals surface area contributed by atoms with Crippen LogP contribution in [0.3, 0.4) is 0 Å². The van der Waals surface area contributed by atoms with Gasteiger partial charge in [0.05, 0.1) is 13.7 Å². The van der Waals surface area contributed by atoms with Crippen LogP contribution in [0.15, 0.2) is 53.5 Å². The number of nitrogens with zero attached hydrogens (tertiary/aromatic N) is 1. The molecule has 0 radical (unpaired) electrons. The van der Waals surface area contributed by atoms with Crippen molar-refractivity contribution in [2.24, 2.45) is 10.9 Å². The number of nitrogens with one attached hydrogen (secondary N) is 3. The molecular weight excluding hydrogens is 380 g/mol. The molecule has 2 aromatic rings. The molecule has 7 heteroatoms. The minimum absolute atomic E-state index is 0.00468. The number of hydrogen-bond donors (Lipinski definition) is 3. The third-order valence-electron chi connectivity index (χ3n) is 4.66. The molecule has 0 spiro atoms. The van der Waals surface area contributed by atoms with Crippen molar-refractivity contribution >= 4 is 17.6 Å². The molecule has 7 nitrogen and oxygen atoms in total. The van der Waals surface area contributed by atoms with Crippen LogP contribution >= 0.6 is 0 Å². The van der Waals surface area contributed by atoms with Crippen LogP contribution < -0.4 is 25.4 Å². The predicted octanol–water partition coefficient (Wildman–Crippen LogP) is 3.42. The van der Waals surface area contributed by atoms with E-state index in [1.807, 2.05) is 62.4 Å². The van der Waals surface area contributed by atoms with Crippen molar-refractivity contribution in [2.45, 2.75) is 26.8 Å². The second-order valence-electron chi connectivity index (χ2n) is 6.88. The second kappa shape index (κ2) is 12.4. The van der Waals surface area contributed by atoms with E-state index >= 15 is 0 Å². The van der Waals surface area contributed by atoms with Gasteiger partial charge in [-0.3, -0.25) is 9.79 Å². The van der Waals surface area contributed by atoms with Gasteiger partial charge in [-0.1, -0.05) is 26.0 Å². The van der Waals surface area contributed by atoms with Gasteiger partial charge in [0.2, 0.25) is 5.91 Å². The van der Waals surface area contributed by atoms with Gasteiger partial charge in [0, 0.05) is 25.2 Å². The highest BCUT2D eigenvalue weighted by Gasteiger charge is 2.10. The Morgan fingerprint density at radius 2 is 1.83 bits per heavy atom. The number of rotatable bonds is 10. The van der Waals surface area contributed by atoms with Crippen molar-refractivity contribution in [1.29, 1.82) is 0 Å². The molecule has 0 saturated carbocycles. The van der Waals surface area contributed by atoms with Crippen molar-refractivity contribution < 1.29 is 14.3 Å². The fourth-order valence-corrected chi connectivity index (χ4v) is 2.63. The summed E-state index contributed by atoms with van der Waals surface area (Å²) in [5, 5.41) is 9.45. The quantitative estimate of drug-likeness (QED) is 0.316. The fourth-order valence-electron chi connectivity index (χ4n) is 2.63. The molecule has 0 aliphatic carbocycles. The molecule has 2 rings (SSSR count). The first-order chi connectivity index (χ1) is 14.5. The molecule has 2 aromatic carbocycles. The zero-order chi connectivity index (χ0) is 21.8. The average molecular weight is 413 g/mol. The summed E-state index contributed by atoms with van der Waals surface area (Å²) >= 11 is 0. The lowest BCUT2D eigenvalue weighted by Crippen LogP contribution is -2.38. The van der Waals surface area contributed by atoms with Crippen LogP contribution in [0.4, 0.5) is 5.69 Å². The van der Waals surface area contributed by atoms with Crippen LogP contribution in [-0.4, -0.2) is 39.2 Å². The number of guanidine groups is 1. The Morgan fingerprint density at radius 3 is 2.50 bits per heavy atom. The van der Waals surface area contributed by atoms with Crippen molar-refractivity contribution in [2.75, 3.05) is 32.6 Å². The summed E-state index contributed by atoms with van der Waals surface area (Å²) in [4.78, 5) is 16.3. The monoisotopic (exact) mass is 412 g/mol. The first kappa shape index (κ1) is 23.1. The van der Waals surface area contributed by atoms with Gasteiger partial charge >= 0.3 is 0 Å². The van der Waals surface area contributed by atoms with Gasteiger partial charge in [-0.15, -0.1) is 0 Å². The standard InChI is InChI=1S/C23H32N4O3/c1-5-17(2)22(28)27-19-8-6-7-18(15-19)16-26-23(24-3)25-13-14-30-21-11-9-20(29-4)10-12-21/h6-12,15,17H,5,13-14,16H2,1-4H3,(H,27,28)(H2,24,25,26). The summed E-state index contributed by atoms with van der Waals surface area (Å²) in [7, 11) is 3.36. The SMILES string of the molecule is CCC(C)C(=O)Nc1cccc(CNC(=NC)NCCOc2ccc(OC)cc2)c1. The highest BCUT2D eigenvalue weighted by molar-refractivity contribution is 5.92. The number of hydrogen-bond acceptors (Lipinski definition) is 4. The molecule has 0 saturated heterocycles. The Bertz CT molecular complexity index is 821. The molecule has 0 heterocycles. The fraction of sp³-hybridized carbons (Fsp3) is 0.391. The number of benzene rings is 2.